The molecule has 0 aromatic rings. The molecule has 0 aromatic heterocycles. The highest BCUT2D eigenvalue weighted by Gasteiger charge is 2.27. The van der Waals surface area contributed by atoms with Crippen LogP contribution in [0.4, 0.5) is 0 Å². The van der Waals surface area contributed by atoms with Gasteiger partial charge in [0.05, 0.1) is 0 Å². The van der Waals surface area contributed by atoms with Crippen molar-refractivity contribution in [2.45, 2.75) is 48.0 Å². The van der Waals surface area contributed by atoms with Gasteiger partial charge in [-0.25, -0.2) is 0 Å². The summed E-state index contributed by atoms with van der Waals surface area (Å²) in [7, 11) is 0. The number of Topliss-reactive ketones (excluding diaryl/α,β-unsaturated/α-hetero) is 1. The molecule has 3 heteroatoms. The highest BCUT2D eigenvalue weighted by molar-refractivity contribution is 5.97. The van der Waals surface area contributed by atoms with Crippen LogP contribution in [0.25, 0.3) is 0 Å². The van der Waals surface area contributed by atoms with Crippen LogP contribution in [-0.2, 0) is 9.59 Å². The van der Waals surface area contributed by atoms with E-state index in [9.17, 15) is 9.59 Å². The summed E-state index contributed by atoms with van der Waals surface area (Å²) >= 11 is 0. The van der Waals surface area contributed by atoms with Crippen LogP contribution in [0.3, 0.4) is 0 Å². The van der Waals surface area contributed by atoms with Gasteiger partial charge in [0.2, 0.25) is 0 Å². The third-order valence-electron chi connectivity index (χ3n) is 2.30. The van der Waals surface area contributed by atoms with E-state index in [1.807, 2.05) is 34.6 Å². The smallest absolute Gasteiger partial charge is 0.314 e. The van der Waals surface area contributed by atoms with Gasteiger partial charge in [-0.3, -0.25) is 9.59 Å². The minimum atomic E-state index is -1.07. The van der Waals surface area contributed by atoms with E-state index in [2.05, 4.69) is 6.58 Å². The molecule has 1 atom stereocenters. The van der Waals surface area contributed by atoms with Gasteiger partial charge in [-0.05, 0) is 18.8 Å². The summed E-state index contributed by atoms with van der Waals surface area (Å²) < 4.78 is 0. The molecular weight excluding hydrogens is 204 g/mol. The maximum Gasteiger partial charge on any atom is 0.314 e. The summed E-state index contributed by atoms with van der Waals surface area (Å²) in [5.41, 5.74) is 0.642. The monoisotopic (exact) mass is 228 g/mol. The van der Waals surface area contributed by atoms with Crippen LogP contribution in [-0.4, -0.2) is 16.9 Å². The van der Waals surface area contributed by atoms with Crippen LogP contribution in [0, 0.1) is 11.3 Å². The van der Waals surface area contributed by atoms with Crippen LogP contribution in [0.2, 0.25) is 0 Å². The Morgan fingerprint density at radius 2 is 1.62 bits per heavy atom. The van der Waals surface area contributed by atoms with E-state index in [0.29, 0.717) is 0 Å². The van der Waals surface area contributed by atoms with Crippen molar-refractivity contribution >= 4 is 11.8 Å². The molecule has 1 N–H and O–H groups in total. The molecule has 94 valence electrons. The van der Waals surface area contributed by atoms with Crippen molar-refractivity contribution in [2.24, 2.45) is 11.3 Å². The van der Waals surface area contributed by atoms with Gasteiger partial charge in [0.15, 0.2) is 0 Å². The van der Waals surface area contributed by atoms with Gasteiger partial charge in [0.1, 0.15) is 11.7 Å². The van der Waals surface area contributed by atoms with E-state index in [1.54, 1.807) is 0 Å². The van der Waals surface area contributed by atoms with Crippen molar-refractivity contribution in [2.75, 3.05) is 0 Å². The molecule has 0 heterocycles. The van der Waals surface area contributed by atoms with Crippen molar-refractivity contribution in [1.29, 1.82) is 0 Å². The van der Waals surface area contributed by atoms with Crippen LogP contribution < -0.4 is 0 Å². The molecule has 0 rings (SSSR count). The van der Waals surface area contributed by atoms with E-state index >= 15 is 0 Å². The summed E-state index contributed by atoms with van der Waals surface area (Å²) in [6.07, 6.45) is 0.230. The van der Waals surface area contributed by atoms with Gasteiger partial charge in [-0.15, -0.1) is 0 Å². The quantitative estimate of drug-likeness (QED) is 0.593. The first-order valence-electron chi connectivity index (χ1n) is 5.57. The summed E-state index contributed by atoms with van der Waals surface area (Å²) in [4.78, 5) is 21.8. The van der Waals surface area contributed by atoms with Gasteiger partial charge < -0.3 is 5.11 Å². The topological polar surface area (TPSA) is 54.4 Å². The molecule has 3 nitrogen and oxygen atoms in total. The first-order chi connectivity index (χ1) is 7.16. The fraction of sp³-hybridized carbons (Fsp3) is 0.692. The number of ketones is 1. The number of allylic oxidation sites excluding steroid dienone is 1. The predicted octanol–water partition coefficient (Wildman–Crippen LogP) is 3.29. The van der Waals surface area contributed by atoms with Gasteiger partial charge in [0, 0.05) is 0 Å². The number of rotatable bonds is 4. The first kappa shape index (κ1) is 17.3. The zero-order chi connectivity index (χ0) is 13.5. The minimum Gasteiger partial charge on any atom is -0.481 e. The highest BCUT2D eigenvalue weighted by Crippen LogP contribution is 2.29. The average molecular weight is 228 g/mol. The maximum atomic E-state index is 11.0. The Labute approximate surface area is 98.6 Å². The summed E-state index contributed by atoms with van der Waals surface area (Å²) in [6.45, 7) is 15.0. The third kappa shape index (κ3) is 6.38. The molecular formula is C13H24O3. The van der Waals surface area contributed by atoms with Gasteiger partial charge in [0.25, 0.3) is 0 Å². The molecule has 0 aromatic carbocycles. The van der Waals surface area contributed by atoms with E-state index in [4.69, 9.17) is 5.11 Å². The van der Waals surface area contributed by atoms with E-state index in [1.165, 1.54) is 6.92 Å². The zero-order valence-corrected chi connectivity index (χ0v) is 11.3. The van der Waals surface area contributed by atoms with Crippen LogP contribution in [0.1, 0.15) is 48.0 Å². The van der Waals surface area contributed by atoms with Crippen molar-refractivity contribution in [3.8, 4) is 0 Å². The van der Waals surface area contributed by atoms with Crippen molar-refractivity contribution in [3.63, 3.8) is 0 Å². The SMILES string of the molecule is C=C(CC(C(C)=O)C(=O)O)C(C)(C)C.CC. The predicted molar refractivity (Wildman–Crippen MR) is 66.4 cm³/mol. The van der Waals surface area contributed by atoms with E-state index in [0.717, 1.165) is 5.57 Å². The molecule has 0 fully saturated rings. The number of carbonyl (C=O) groups excluding carboxylic acids is 1. The standard InChI is InChI=1S/C11H18O3.C2H6/c1-7(11(3,4)5)6-9(8(2)12)10(13)14;1-2/h9H,1,6H2,2-5H3,(H,13,14);1-2H3. The number of hydrogen-bond acceptors (Lipinski definition) is 2. The Morgan fingerprint density at radius 3 is 1.81 bits per heavy atom. The number of aliphatic carboxylic acids is 1. The molecule has 0 spiro atoms. The second-order valence-corrected chi connectivity index (χ2v) is 4.56. The lowest BCUT2D eigenvalue weighted by Gasteiger charge is -2.23. The minimum absolute atomic E-state index is 0.150. The Hall–Kier alpha value is -1.12. The maximum absolute atomic E-state index is 11.0. The summed E-state index contributed by atoms with van der Waals surface area (Å²) in [5, 5.41) is 8.80. The second-order valence-electron chi connectivity index (χ2n) is 4.56. The molecule has 0 aliphatic rings. The Kier molecular flexibility index (Phi) is 7.78. The van der Waals surface area contributed by atoms with Crippen LogP contribution in [0.15, 0.2) is 12.2 Å². The normalized spacial score (nSPS) is 12.1. The second kappa shape index (κ2) is 7.20. The van der Waals surface area contributed by atoms with Gasteiger partial charge in [-0.2, -0.15) is 0 Å². The molecule has 0 bridgehead atoms. The molecule has 0 radical (unpaired) electrons. The molecule has 0 saturated carbocycles. The lowest BCUT2D eigenvalue weighted by molar-refractivity contribution is -0.145. The Morgan fingerprint density at radius 1 is 1.25 bits per heavy atom. The average Bonchev–Trinajstić information content (AvgIpc) is 2.14. The summed E-state index contributed by atoms with van der Waals surface area (Å²) in [5.74, 6) is -2.33. The Bertz CT molecular complexity index is 245. The van der Waals surface area contributed by atoms with Crippen LogP contribution in [0.5, 0.6) is 0 Å². The number of carbonyl (C=O) groups is 2. The fourth-order valence-corrected chi connectivity index (χ4v) is 0.958. The number of hydrogen-bond donors (Lipinski definition) is 1. The fourth-order valence-electron chi connectivity index (χ4n) is 0.958. The molecule has 16 heavy (non-hydrogen) atoms. The lowest BCUT2D eigenvalue weighted by atomic mass is 9.81. The first-order valence-corrected chi connectivity index (χ1v) is 5.57. The highest BCUT2D eigenvalue weighted by atomic mass is 16.4. The number of carboxylic acid groups (broad SMARTS) is 1. The van der Waals surface area contributed by atoms with Crippen molar-refractivity contribution < 1.29 is 14.7 Å². The zero-order valence-electron chi connectivity index (χ0n) is 11.3. The van der Waals surface area contributed by atoms with E-state index in [-0.39, 0.29) is 17.6 Å². The molecule has 1 unspecified atom stereocenters. The lowest BCUT2D eigenvalue weighted by Crippen LogP contribution is -2.24. The molecule has 0 aliphatic heterocycles. The Balaban J connectivity index is 0. The molecule has 0 amide bonds. The summed E-state index contributed by atoms with van der Waals surface area (Å²) in [6, 6.07) is 0. The van der Waals surface area contributed by atoms with Crippen molar-refractivity contribution in [1.82, 2.24) is 0 Å². The largest absolute Gasteiger partial charge is 0.481 e. The van der Waals surface area contributed by atoms with Crippen LogP contribution >= 0.6 is 0 Å². The van der Waals surface area contributed by atoms with Gasteiger partial charge >= 0.3 is 5.97 Å². The van der Waals surface area contributed by atoms with E-state index < -0.39 is 11.9 Å². The molecule has 0 aliphatic carbocycles. The number of carboxylic acids is 1. The van der Waals surface area contributed by atoms with Crippen molar-refractivity contribution in [3.05, 3.63) is 12.2 Å². The molecule has 0 saturated heterocycles. The third-order valence-corrected chi connectivity index (χ3v) is 2.30. The van der Waals surface area contributed by atoms with Gasteiger partial charge in [-0.1, -0.05) is 46.8 Å².